The van der Waals surface area contributed by atoms with Crippen LogP contribution in [-0.4, -0.2) is 16.5 Å². The lowest BCUT2D eigenvalue weighted by molar-refractivity contribution is 0.460. The molecular formula is C15H27N3. The van der Waals surface area contributed by atoms with Crippen molar-refractivity contribution in [3.63, 3.8) is 0 Å². The second kappa shape index (κ2) is 9.03. The first kappa shape index (κ1) is 15.1. The van der Waals surface area contributed by atoms with Crippen molar-refractivity contribution >= 4 is 0 Å². The molecule has 0 radical (unpaired) electrons. The molecule has 0 aliphatic carbocycles. The third-order valence-electron chi connectivity index (χ3n) is 3.14. The van der Waals surface area contributed by atoms with Crippen LogP contribution >= 0.6 is 0 Å². The van der Waals surface area contributed by atoms with Crippen molar-refractivity contribution in [3.8, 4) is 0 Å². The Kier molecular flexibility index (Phi) is 7.58. The van der Waals surface area contributed by atoms with Gasteiger partial charge in [-0.2, -0.15) is 0 Å². The van der Waals surface area contributed by atoms with Gasteiger partial charge in [-0.25, -0.2) is 9.97 Å². The van der Waals surface area contributed by atoms with E-state index in [-0.39, 0.29) is 0 Å². The van der Waals surface area contributed by atoms with E-state index in [1.54, 1.807) is 0 Å². The van der Waals surface area contributed by atoms with Gasteiger partial charge in [-0.3, -0.25) is 0 Å². The Morgan fingerprint density at radius 2 is 2.00 bits per heavy atom. The molecule has 1 atom stereocenters. The highest BCUT2D eigenvalue weighted by Gasteiger charge is 2.11. The Bertz CT molecular complexity index is 325. The van der Waals surface area contributed by atoms with Crippen molar-refractivity contribution in [2.45, 2.75) is 65.3 Å². The standard InChI is InChI=1S/C15H27N3/c1-4-6-7-8-9-14(17-11-5-2)15-10-12-16-13(3)18-15/h10,12,14,17H,4-9,11H2,1-3H3. The number of nitrogens with one attached hydrogen (secondary N) is 1. The maximum Gasteiger partial charge on any atom is 0.125 e. The first-order chi connectivity index (χ1) is 8.77. The maximum absolute atomic E-state index is 4.55. The minimum atomic E-state index is 0.392. The molecule has 1 aromatic rings. The molecular weight excluding hydrogens is 222 g/mol. The normalized spacial score (nSPS) is 12.6. The van der Waals surface area contributed by atoms with Gasteiger partial charge in [-0.15, -0.1) is 0 Å². The molecule has 0 aromatic carbocycles. The zero-order valence-electron chi connectivity index (χ0n) is 12.1. The lowest BCUT2D eigenvalue weighted by atomic mass is 10.0. The minimum Gasteiger partial charge on any atom is -0.309 e. The second-order valence-corrected chi connectivity index (χ2v) is 4.88. The molecule has 0 fully saturated rings. The Hall–Kier alpha value is -0.960. The van der Waals surface area contributed by atoms with E-state index in [4.69, 9.17) is 0 Å². The molecule has 102 valence electrons. The molecule has 18 heavy (non-hydrogen) atoms. The van der Waals surface area contributed by atoms with Crippen molar-refractivity contribution in [2.75, 3.05) is 6.54 Å². The molecule has 1 unspecified atom stereocenters. The number of nitrogens with zero attached hydrogens (tertiary/aromatic N) is 2. The minimum absolute atomic E-state index is 0.392. The average molecular weight is 249 g/mol. The van der Waals surface area contributed by atoms with Crippen LogP contribution in [0.1, 0.15) is 69.9 Å². The summed E-state index contributed by atoms with van der Waals surface area (Å²) in [6.45, 7) is 7.46. The van der Waals surface area contributed by atoms with E-state index in [2.05, 4.69) is 29.1 Å². The monoisotopic (exact) mass is 249 g/mol. The molecule has 0 bridgehead atoms. The fourth-order valence-electron chi connectivity index (χ4n) is 2.12. The Labute approximate surface area is 111 Å². The second-order valence-electron chi connectivity index (χ2n) is 4.88. The molecule has 0 aliphatic heterocycles. The summed E-state index contributed by atoms with van der Waals surface area (Å²) >= 11 is 0. The maximum atomic E-state index is 4.55. The molecule has 0 amide bonds. The summed E-state index contributed by atoms with van der Waals surface area (Å²) in [7, 11) is 0. The highest BCUT2D eigenvalue weighted by Crippen LogP contribution is 2.18. The lowest BCUT2D eigenvalue weighted by Gasteiger charge is -2.18. The smallest absolute Gasteiger partial charge is 0.125 e. The van der Waals surface area contributed by atoms with Gasteiger partial charge in [0.1, 0.15) is 5.82 Å². The first-order valence-corrected chi connectivity index (χ1v) is 7.30. The third kappa shape index (κ3) is 5.58. The summed E-state index contributed by atoms with van der Waals surface area (Å²) in [5, 5.41) is 3.60. The number of aromatic nitrogens is 2. The predicted octanol–water partition coefficient (Wildman–Crippen LogP) is 3.80. The largest absolute Gasteiger partial charge is 0.309 e. The van der Waals surface area contributed by atoms with Gasteiger partial charge in [0.2, 0.25) is 0 Å². The van der Waals surface area contributed by atoms with Crippen LogP contribution in [0.4, 0.5) is 0 Å². The molecule has 3 nitrogen and oxygen atoms in total. The van der Waals surface area contributed by atoms with Gasteiger partial charge in [-0.1, -0.05) is 39.5 Å². The first-order valence-electron chi connectivity index (χ1n) is 7.30. The van der Waals surface area contributed by atoms with E-state index in [1.807, 2.05) is 19.2 Å². The van der Waals surface area contributed by atoms with Gasteiger partial charge in [-0.05, 0) is 32.4 Å². The van der Waals surface area contributed by atoms with Crippen molar-refractivity contribution in [3.05, 3.63) is 23.8 Å². The molecule has 1 N–H and O–H groups in total. The summed E-state index contributed by atoms with van der Waals surface area (Å²) < 4.78 is 0. The lowest BCUT2D eigenvalue weighted by Crippen LogP contribution is -2.23. The van der Waals surface area contributed by atoms with Crippen LogP contribution in [0.25, 0.3) is 0 Å². The van der Waals surface area contributed by atoms with Crippen LogP contribution in [-0.2, 0) is 0 Å². The molecule has 3 heteroatoms. The molecule has 0 aliphatic rings. The Balaban J connectivity index is 2.54. The van der Waals surface area contributed by atoms with Gasteiger partial charge in [0, 0.05) is 12.2 Å². The molecule has 1 rings (SSSR count). The van der Waals surface area contributed by atoms with Crippen LogP contribution in [0.5, 0.6) is 0 Å². The highest BCUT2D eigenvalue weighted by molar-refractivity contribution is 5.07. The predicted molar refractivity (Wildman–Crippen MR) is 76.6 cm³/mol. The van der Waals surface area contributed by atoms with Crippen LogP contribution < -0.4 is 5.32 Å². The van der Waals surface area contributed by atoms with Crippen molar-refractivity contribution in [1.82, 2.24) is 15.3 Å². The average Bonchev–Trinajstić information content (AvgIpc) is 2.38. The van der Waals surface area contributed by atoms with E-state index >= 15 is 0 Å². The topological polar surface area (TPSA) is 37.8 Å². The molecule has 0 saturated carbocycles. The van der Waals surface area contributed by atoms with E-state index < -0.39 is 0 Å². The zero-order chi connectivity index (χ0) is 13.2. The molecule has 1 aromatic heterocycles. The summed E-state index contributed by atoms with van der Waals surface area (Å²) in [4.78, 5) is 8.73. The molecule has 1 heterocycles. The van der Waals surface area contributed by atoms with Gasteiger partial charge in [0.05, 0.1) is 5.69 Å². The number of hydrogen-bond acceptors (Lipinski definition) is 3. The van der Waals surface area contributed by atoms with Gasteiger partial charge in [0.15, 0.2) is 0 Å². The fraction of sp³-hybridized carbons (Fsp3) is 0.733. The number of unbranched alkanes of at least 4 members (excludes halogenated alkanes) is 3. The molecule has 0 spiro atoms. The third-order valence-corrected chi connectivity index (χ3v) is 3.14. The van der Waals surface area contributed by atoms with Crippen LogP contribution in [0.2, 0.25) is 0 Å². The van der Waals surface area contributed by atoms with E-state index in [9.17, 15) is 0 Å². The summed E-state index contributed by atoms with van der Waals surface area (Å²) in [6.07, 6.45) is 9.43. The van der Waals surface area contributed by atoms with E-state index in [1.165, 1.54) is 32.1 Å². The fourth-order valence-corrected chi connectivity index (χ4v) is 2.12. The van der Waals surface area contributed by atoms with E-state index in [0.29, 0.717) is 6.04 Å². The number of rotatable bonds is 9. The van der Waals surface area contributed by atoms with Crippen LogP contribution in [0.15, 0.2) is 12.3 Å². The van der Waals surface area contributed by atoms with Crippen LogP contribution in [0, 0.1) is 6.92 Å². The van der Waals surface area contributed by atoms with Crippen LogP contribution in [0.3, 0.4) is 0 Å². The van der Waals surface area contributed by atoms with Crippen molar-refractivity contribution < 1.29 is 0 Å². The van der Waals surface area contributed by atoms with E-state index in [0.717, 1.165) is 24.5 Å². The summed E-state index contributed by atoms with van der Waals surface area (Å²) in [6, 6.07) is 2.43. The Morgan fingerprint density at radius 1 is 1.17 bits per heavy atom. The van der Waals surface area contributed by atoms with Crippen molar-refractivity contribution in [2.24, 2.45) is 0 Å². The quantitative estimate of drug-likeness (QED) is 0.676. The number of hydrogen-bond donors (Lipinski definition) is 1. The number of aryl methyl sites for hydroxylation is 1. The molecule has 0 saturated heterocycles. The van der Waals surface area contributed by atoms with Gasteiger partial charge in [0.25, 0.3) is 0 Å². The van der Waals surface area contributed by atoms with Gasteiger partial charge >= 0.3 is 0 Å². The highest BCUT2D eigenvalue weighted by atomic mass is 15.0. The summed E-state index contributed by atoms with van der Waals surface area (Å²) in [5.41, 5.74) is 1.15. The SMILES string of the molecule is CCCCCCC(NCCC)c1ccnc(C)n1. The zero-order valence-corrected chi connectivity index (χ0v) is 12.1. The van der Waals surface area contributed by atoms with Crippen molar-refractivity contribution in [1.29, 1.82) is 0 Å². The summed E-state index contributed by atoms with van der Waals surface area (Å²) in [5.74, 6) is 0.865. The Morgan fingerprint density at radius 3 is 2.67 bits per heavy atom. The van der Waals surface area contributed by atoms with Gasteiger partial charge < -0.3 is 5.32 Å².